The van der Waals surface area contributed by atoms with Crippen molar-refractivity contribution in [1.29, 1.82) is 0 Å². The van der Waals surface area contributed by atoms with Crippen LogP contribution < -0.4 is 0 Å². The summed E-state index contributed by atoms with van der Waals surface area (Å²) >= 11 is 0. The molecule has 0 heterocycles. The highest BCUT2D eigenvalue weighted by molar-refractivity contribution is 4.77. The minimum Gasteiger partial charge on any atom is -0.241 e. The summed E-state index contributed by atoms with van der Waals surface area (Å²) in [5.41, 5.74) is 0. The topological polar surface area (TPSA) is 0 Å². The number of hydrogen-bond acceptors (Lipinski definition) is 0. The minimum atomic E-state index is -4.62. The number of halogens is 8. The molecule has 0 rings (SSSR count). The number of alkyl halides is 4. The van der Waals surface area contributed by atoms with Crippen LogP contribution in [-0.4, -0.2) is 12.9 Å². The summed E-state index contributed by atoms with van der Waals surface area (Å²) in [5, 5.41) is 0. The van der Waals surface area contributed by atoms with Crippen molar-refractivity contribution in [2.45, 2.75) is 6.18 Å². The SMILES string of the molecule is FC(F)=C(F)F.FCC(F)(F)F. The zero-order valence-corrected chi connectivity index (χ0v) is 5.23. The summed E-state index contributed by atoms with van der Waals surface area (Å²) in [5.74, 6) is 0. The molecule has 0 aromatic rings. The maximum atomic E-state index is 10.4. The average molecular weight is 202 g/mol. The summed E-state index contributed by atoms with van der Waals surface area (Å²) in [7, 11) is 0. The van der Waals surface area contributed by atoms with Gasteiger partial charge in [0.15, 0.2) is 6.67 Å². The van der Waals surface area contributed by atoms with Crippen LogP contribution in [0, 0.1) is 0 Å². The maximum absolute atomic E-state index is 10.4. The molecule has 0 bridgehead atoms. The molecular weight excluding hydrogens is 200 g/mol. The van der Waals surface area contributed by atoms with Crippen LogP contribution in [0.2, 0.25) is 0 Å². The molecule has 74 valence electrons. The second kappa shape index (κ2) is 5.78. The van der Waals surface area contributed by atoms with Crippen LogP contribution in [0.1, 0.15) is 0 Å². The summed E-state index contributed by atoms with van der Waals surface area (Å²) in [4.78, 5) is 0. The average Bonchev–Trinajstić information content (AvgIpc) is 1.87. The van der Waals surface area contributed by atoms with E-state index in [0.717, 1.165) is 0 Å². The third-order valence-corrected chi connectivity index (χ3v) is 0.294. The normalized spacial score (nSPS) is 10.0. The van der Waals surface area contributed by atoms with E-state index >= 15 is 0 Å². The first-order valence-electron chi connectivity index (χ1n) is 2.19. The first kappa shape index (κ1) is 13.7. The summed E-state index contributed by atoms with van der Waals surface area (Å²) in [6.07, 6.45) is -10.4. The molecule has 0 aliphatic rings. The van der Waals surface area contributed by atoms with Gasteiger partial charge in [-0.05, 0) is 0 Å². The van der Waals surface area contributed by atoms with Crippen LogP contribution in [0.4, 0.5) is 35.1 Å². The predicted octanol–water partition coefficient (Wildman–Crippen LogP) is 3.51. The molecule has 0 spiro atoms. The Labute approximate surface area is 61.5 Å². The second-order valence-corrected chi connectivity index (χ2v) is 1.27. The van der Waals surface area contributed by atoms with E-state index < -0.39 is 25.0 Å². The molecule has 0 atom stereocenters. The van der Waals surface area contributed by atoms with Crippen LogP contribution in [0.15, 0.2) is 12.2 Å². The Balaban J connectivity index is 0. The molecule has 0 radical (unpaired) electrons. The number of rotatable bonds is 0. The highest BCUT2D eigenvalue weighted by atomic mass is 19.4. The van der Waals surface area contributed by atoms with Crippen molar-refractivity contribution >= 4 is 0 Å². The third-order valence-electron chi connectivity index (χ3n) is 0.294. The molecule has 0 aromatic carbocycles. The molecule has 0 aromatic heterocycles. The lowest BCUT2D eigenvalue weighted by Gasteiger charge is -1.93. The van der Waals surface area contributed by atoms with E-state index in [9.17, 15) is 35.1 Å². The van der Waals surface area contributed by atoms with Crippen LogP contribution in [-0.2, 0) is 0 Å². The Morgan fingerprint density at radius 1 is 0.833 bits per heavy atom. The van der Waals surface area contributed by atoms with E-state index in [4.69, 9.17) is 0 Å². The zero-order chi connectivity index (χ0) is 10.4. The van der Waals surface area contributed by atoms with Gasteiger partial charge in [0.2, 0.25) is 0 Å². The Kier molecular flexibility index (Phi) is 6.63. The lowest BCUT2D eigenvalue weighted by molar-refractivity contribution is -0.142. The van der Waals surface area contributed by atoms with E-state index in [2.05, 4.69) is 0 Å². The van der Waals surface area contributed by atoms with Gasteiger partial charge in [0.25, 0.3) is 0 Å². The molecule has 8 heteroatoms. The predicted molar refractivity (Wildman–Crippen MR) is 23.5 cm³/mol. The van der Waals surface area contributed by atoms with Gasteiger partial charge in [0.1, 0.15) is 0 Å². The molecule has 0 amide bonds. The molecule has 0 unspecified atom stereocenters. The Morgan fingerprint density at radius 3 is 1.00 bits per heavy atom. The van der Waals surface area contributed by atoms with E-state index in [1.807, 2.05) is 0 Å². The fourth-order valence-electron chi connectivity index (χ4n) is 0. The lowest BCUT2D eigenvalue weighted by Crippen LogP contribution is -2.08. The van der Waals surface area contributed by atoms with Gasteiger partial charge in [-0.1, -0.05) is 0 Å². The molecule has 0 N–H and O–H groups in total. The Bertz CT molecular complexity index is 126. The van der Waals surface area contributed by atoms with Crippen molar-refractivity contribution in [3.8, 4) is 0 Å². The van der Waals surface area contributed by atoms with Gasteiger partial charge in [0.05, 0.1) is 0 Å². The third kappa shape index (κ3) is 16.1. The first-order valence-corrected chi connectivity index (χ1v) is 2.19. The molecule has 12 heavy (non-hydrogen) atoms. The van der Waals surface area contributed by atoms with Gasteiger partial charge >= 0.3 is 18.3 Å². The summed E-state index contributed by atoms with van der Waals surface area (Å²) in [6.45, 7) is -2.23. The van der Waals surface area contributed by atoms with E-state index in [1.54, 1.807) is 0 Å². The van der Waals surface area contributed by atoms with Crippen LogP contribution in [0.3, 0.4) is 0 Å². The van der Waals surface area contributed by atoms with Crippen LogP contribution >= 0.6 is 0 Å². The largest absolute Gasteiger partial charge is 0.416 e. The summed E-state index contributed by atoms with van der Waals surface area (Å²) < 4.78 is 82.8. The van der Waals surface area contributed by atoms with E-state index in [-0.39, 0.29) is 0 Å². The van der Waals surface area contributed by atoms with Crippen molar-refractivity contribution in [2.75, 3.05) is 6.67 Å². The molecule has 0 fully saturated rings. The maximum Gasteiger partial charge on any atom is 0.416 e. The molecule has 0 saturated heterocycles. The van der Waals surface area contributed by atoms with Gasteiger partial charge in [-0.2, -0.15) is 30.7 Å². The molecule has 0 nitrogen and oxygen atoms in total. The van der Waals surface area contributed by atoms with E-state index in [1.165, 1.54) is 0 Å². The van der Waals surface area contributed by atoms with Crippen LogP contribution in [0.25, 0.3) is 0 Å². The highest BCUT2D eigenvalue weighted by Gasteiger charge is 2.26. The second-order valence-electron chi connectivity index (χ2n) is 1.27. The molecule has 0 saturated carbocycles. The zero-order valence-electron chi connectivity index (χ0n) is 5.23. The lowest BCUT2D eigenvalue weighted by atomic mass is 10.8. The van der Waals surface area contributed by atoms with Crippen LogP contribution in [0.5, 0.6) is 0 Å². The van der Waals surface area contributed by atoms with E-state index in [0.29, 0.717) is 0 Å². The minimum absolute atomic E-state index is 2.23. The Hall–Kier alpha value is -0.820. The summed E-state index contributed by atoms with van der Waals surface area (Å²) in [6, 6.07) is 0. The van der Waals surface area contributed by atoms with Crippen molar-refractivity contribution in [2.24, 2.45) is 0 Å². The van der Waals surface area contributed by atoms with Gasteiger partial charge in [-0.15, -0.1) is 0 Å². The highest BCUT2D eigenvalue weighted by Crippen LogP contribution is 2.13. The fourth-order valence-corrected chi connectivity index (χ4v) is 0. The van der Waals surface area contributed by atoms with Crippen molar-refractivity contribution in [3.05, 3.63) is 12.2 Å². The van der Waals surface area contributed by atoms with Gasteiger partial charge < -0.3 is 0 Å². The van der Waals surface area contributed by atoms with Crippen molar-refractivity contribution < 1.29 is 35.1 Å². The molecular formula is C4H2F8. The molecule has 0 aliphatic heterocycles. The first-order chi connectivity index (χ1) is 5.20. The van der Waals surface area contributed by atoms with Gasteiger partial charge in [-0.25, -0.2) is 4.39 Å². The van der Waals surface area contributed by atoms with Crippen molar-refractivity contribution in [3.63, 3.8) is 0 Å². The van der Waals surface area contributed by atoms with Gasteiger partial charge in [-0.3, -0.25) is 0 Å². The smallest absolute Gasteiger partial charge is 0.241 e. The Morgan fingerprint density at radius 2 is 1.00 bits per heavy atom. The van der Waals surface area contributed by atoms with Crippen molar-refractivity contribution in [1.82, 2.24) is 0 Å². The fraction of sp³-hybridized carbons (Fsp3) is 0.500. The monoisotopic (exact) mass is 202 g/mol. The molecule has 0 aliphatic carbocycles. The standard InChI is InChI=1S/C2H2F4.C2F4/c3-1-2(4,5)6;3-1(4)2(5)6/h1H2;. The number of hydrogen-bond donors (Lipinski definition) is 0. The quantitative estimate of drug-likeness (QED) is 0.527. The van der Waals surface area contributed by atoms with Gasteiger partial charge in [0, 0.05) is 0 Å².